The van der Waals surface area contributed by atoms with E-state index >= 15 is 0 Å². The van der Waals surface area contributed by atoms with Crippen molar-refractivity contribution in [3.63, 3.8) is 0 Å². The van der Waals surface area contributed by atoms with Gasteiger partial charge in [-0.3, -0.25) is 0 Å². The van der Waals surface area contributed by atoms with Crippen LogP contribution in [0.1, 0.15) is 36.1 Å². The Hall–Kier alpha value is -0.430. The van der Waals surface area contributed by atoms with E-state index in [1.807, 2.05) is 0 Å². The van der Waals surface area contributed by atoms with E-state index in [1.165, 1.54) is 29.9 Å². The van der Waals surface area contributed by atoms with Crippen molar-refractivity contribution < 1.29 is 0 Å². The Morgan fingerprint density at radius 2 is 1.64 bits per heavy atom. The average molecular weight is 207 g/mol. The van der Waals surface area contributed by atoms with E-state index in [-0.39, 0.29) is 0 Å². The first-order chi connectivity index (χ1) is 6.77. The number of aryl methyl sites for hydroxylation is 1. The van der Waals surface area contributed by atoms with Crippen LogP contribution in [0.5, 0.6) is 0 Å². The second kappa shape index (κ2) is 4.39. The zero-order chi connectivity index (χ0) is 9.97. The summed E-state index contributed by atoms with van der Waals surface area (Å²) in [4.78, 5) is 0. The van der Waals surface area contributed by atoms with Gasteiger partial charge in [-0.25, -0.2) is 0 Å². The summed E-state index contributed by atoms with van der Waals surface area (Å²) in [6.07, 6.45) is 2.92. The standard InChI is InChI=1S/C13H19S/c1-11-5-7-13(8-6-11)12(2)14-9-3-4-10-14/h5-8,12H,3-4,9-10H2,1-2H3/q+1. The van der Waals surface area contributed by atoms with Crippen molar-refractivity contribution in [1.82, 2.24) is 0 Å². The van der Waals surface area contributed by atoms with E-state index in [4.69, 9.17) is 0 Å². The fourth-order valence-corrected chi connectivity index (χ4v) is 4.66. The molecule has 0 aromatic heterocycles. The van der Waals surface area contributed by atoms with Gasteiger partial charge in [0, 0.05) is 5.56 Å². The highest BCUT2D eigenvalue weighted by Gasteiger charge is 2.31. The normalized spacial score (nSPS) is 19.9. The molecule has 1 aromatic rings. The highest BCUT2D eigenvalue weighted by atomic mass is 32.2. The molecule has 0 nitrogen and oxygen atoms in total. The second-order valence-electron chi connectivity index (χ2n) is 4.21. The van der Waals surface area contributed by atoms with Crippen LogP contribution in [0, 0.1) is 6.92 Å². The van der Waals surface area contributed by atoms with Crippen molar-refractivity contribution >= 4 is 10.9 Å². The molecule has 0 spiro atoms. The smallest absolute Gasteiger partial charge is 0.0589 e. The van der Waals surface area contributed by atoms with Gasteiger partial charge in [-0.1, -0.05) is 29.8 Å². The molecule has 0 N–H and O–H groups in total. The largest absolute Gasteiger partial charge is 0.140 e. The summed E-state index contributed by atoms with van der Waals surface area (Å²) < 4.78 is 0. The fourth-order valence-electron chi connectivity index (χ4n) is 2.06. The Labute approximate surface area is 90.1 Å². The molecule has 0 radical (unpaired) electrons. The quantitative estimate of drug-likeness (QED) is 0.651. The summed E-state index contributed by atoms with van der Waals surface area (Å²) in [5, 5.41) is 0.790. The third-order valence-electron chi connectivity index (χ3n) is 3.11. The van der Waals surface area contributed by atoms with Crippen LogP contribution >= 0.6 is 0 Å². The van der Waals surface area contributed by atoms with Crippen LogP contribution in [0.3, 0.4) is 0 Å². The molecule has 1 unspecified atom stereocenters. The Morgan fingerprint density at radius 3 is 2.21 bits per heavy atom. The number of hydrogen-bond donors (Lipinski definition) is 0. The molecule has 76 valence electrons. The van der Waals surface area contributed by atoms with Crippen molar-refractivity contribution in [3.8, 4) is 0 Å². The number of benzene rings is 1. The van der Waals surface area contributed by atoms with Crippen molar-refractivity contribution in [3.05, 3.63) is 35.4 Å². The second-order valence-corrected chi connectivity index (χ2v) is 6.80. The summed E-state index contributed by atoms with van der Waals surface area (Å²) in [6, 6.07) is 9.10. The lowest BCUT2D eigenvalue weighted by molar-refractivity contribution is 0.949. The van der Waals surface area contributed by atoms with E-state index in [2.05, 4.69) is 38.1 Å². The van der Waals surface area contributed by atoms with Crippen LogP contribution in [0.25, 0.3) is 0 Å². The topological polar surface area (TPSA) is 0 Å². The van der Waals surface area contributed by atoms with Gasteiger partial charge >= 0.3 is 0 Å². The first-order valence-corrected chi connectivity index (χ1v) is 7.13. The van der Waals surface area contributed by atoms with Crippen LogP contribution in [-0.4, -0.2) is 11.5 Å². The van der Waals surface area contributed by atoms with Crippen LogP contribution in [0.4, 0.5) is 0 Å². The third-order valence-corrected chi connectivity index (χ3v) is 6.01. The van der Waals surface area contributed by atoms with Crippen LogP contribution in [0.2, 0.25) is 0 Å². The van der Waals surface area contributed by atoms with Gasteiger partial charge in [-0.05, 0) is 37.6 Å². The van der Waals surface area contributed by atoms with Gasteiger partial charge in [-0.15, -0.1) is 0 Å². The Kier molecular flexibility index (Phi) is 3.17. The van der Waals surface area contributed by atoms with Crippen molar-refractivity contribution in [2.75, 3.05) is 11.5 Å². The maximum absolute atomic E-state index is 2.40. The molecule has 1 saturated heterocycles. The minimum Gasteiger partial charge on any atom is -0.0589 e. The lowest BCUT2D eigenvalue weighted by Crippen LogP contribution is -2.12. The molecule has 0 amide bonds. The maximum Gasteiger partial charge on any atom is 0.140 e. The van der Waals surface area contributed by atoms with Crippen LogP contribution in [0.15, 0.2) is 24.3 Å². The Morgan fingerprint density at radius 1 is 1.07 bits per heavy atom. The van der Waals surface area contributed by atoms with E-state index in [1.54, 1.807) is 5.56 Å². The fraction of sp³-hybridized carbons (Fsp3) is 0.538. The SMILES string of the molecule is Cc1ccc(C(C)[S+]2CCCC2)cc1. The first kappa shape index (κ1) is 10.1. The molecule has 2 rings (SSSR count). The lowest BCUT2D eigenvalue weighted by atomic mass is 10.1. The van der Waals surface area contributed by atoms with E-state index in [9.17, 15) is 0 Å². The molecule has 1 atom stereocenters. The predicted molar refractivity (Wildman–Crippen MR) is 65.9 cm³/mol. The molecule has 1 heteroatoms. The van der Waals surface area contributed by atoms with E-state index in [0.717, 1.165) is 5.25 Å². The molecule has 1 aliphatic heterocycles. The molecular weight excluding hydrogens is 188 g/mol. The molecule has 1 aliphatic rings. The predicted octanol–water partition coefficient (Wildman–Crippen LogP) is 3.47. The first-order valence-electron chi connectivity index (χ1n) is 5.50. The maximum atomic E-state index is 2.40. The molecule has 0 bridgehead atoms. The zero-order valence-corrected chi connectivity index (χ0v) is 9.94. The molecule has 0 aliphatic carbocycles. The van der Waals surface area contributed by atoms with Crippen molar-refractivity contribution in [2.24, 2.45) is 0 Å². The molecule has 0 saturated carbocycles. The minimum atomic E-state index is 0.670. The average Bonchev–Trinajstić information content (AvgIpc) is 2.71. The third kappa shape index (κ3) is 2.14. The molecule has 1 heterocycles. The summed E-state index contributed by atoms with van der Waals surface area (Å²) in [5.41, 5.74) is 2.91. The number of hydrogen-bond acceptors (Lipinski definition) is 0. The van der Waals surface area contributed by atoms with Crippen molar-refractivity contribution in [1.29, 1.82) is 0 Å². The lowest BCUT2D eigenvalue weighted by Gasteiger charge is -2.11. The van der Waals surface area contributed by atoms with E-state index < -0.39 is 0 Å². The monoisotopic (exact) mass is 207 g/mol. The molecular formula is C13H19S+. The summed E-state index contributed by atoms with van der Waals surface area (Å²) in [5.74, 6) is 2.93. The molecule has 14 heavy (non-hydrogen) atoms. The van der Waals surface area contributed by atoms with Gasteiger partial charge < -0.3 is 0 Å². The van der Waals surface area contributed by atoms with Gasteiger partial charge in [0.15, 0.2) is 0 Å². The molecule has 1 aromatic carbocycles. The highest BCUT2D eigenvalue weighted by Crippen LogP contribution is 2.29. The summed E-state index contributed by atoms with van der Waals surface area (Å²) in [7, 11) is 0.670. The highest BCUT2D eigenvalue weighted by molar-refractivity contribution is 7.97. The van der Waals surface area contributed by atoms with Crippen LogP contribution < -0.4 is 0 Å². The molecule has 1 fully saturated rings. The minimum absolute atomic E-state index is 0.670. The number of rotatable bonds is 2. The summed E-state index contributed by atoms with van der Waals surface area (Å²) in [6.45, 7) is 4.56. The van der Waals surface area contributed by atoms with E-state index in [0.29, 0.717) is 10.9 Å². The Balaban J connectivity index is 2.09. The van der Waals surface area contributed by atoms with Gasteiger partial charge in [0.25, 0.3) is 0 Å². The summed E-state index contributed by atoms with van der Waals surface area (Å²) >= 11 is 0. The van der Waals surface area contributed by atoms with Gasteiger partial charge in [0.2, 0.25) is 0 Å². The zero-order valence-electron chi connectivity index (χ0n) is 9.12. The van der Waals surface area contributed by atoms with Crippen LogP contribution in [-0.2, 0) is 10.9 Å². The van der Waals surface area contributed by atoms with Gasteiger partial charge in [0.05, 0.1) is 0 Å². The van der Waals surface area contributed by atoms with Crippen molar-refractivity contribution in [2.45, 2.75) is 31.9 Å². The Bertz CT molecular complexity index is 283. The van der Waals surface area contributed by atoms with Gasteiger partial charge in [0.1, 0.15) is 16.8 Å². The van der Waals surface area contributed by atoms with Gasteiger partial charge in [-0.2, -0.15) is 0 Å².